The predicted octanol–water partition coefficient (Wildman–Crippen LogP) is 1.02. The summed E-state index contributed by atoms with van der Waals surface area (Å²) >= 11 is 6.06. The lowest BCUT2D eigenvalue weighted by Crippen LogP contribution is -2.50. The number of anilines is 1. The van der Waals surface area contributed by atoms with Crippen molar-refractivity contribution in [1.82, 2.24) is 9.80 Å². The maximum absolute atomic E-state index is 12.9. The number of halogens is 1. The maximum atomic E-state index is 12.9. The smallest absolute Gasteiger partial charge is 0.228 e. The third-order valence-electron chi connectivity index (χ3n) is 5.92. The molecule has 0 spiro atoms. The molecule has 3 heterocycles. The number of benzene rings is 1. The molecule has 0 aliphatic carbocycles. The number of rotatable bonds is 3. The molecule has 4 rings (SSSR count). The van der Waals surface area contributed by atoms with Gasteiger partial charge in [-0.05, 0) is 24.6 Å². The molecule has 3 saturated heterocycles. The van der Waals surface area contributed by atoms with E-state index in [1.165, 1.54) is 0 Å². The highest BCUT2D eigenvalue weighted by atomic mass is 35.5. The SMILES string of the molecule is O=C([C@H]1CC(=O)N([C@H]2CCS(=O)(=O)C2)C1)N1CCN(c2cccc(Cl)c2)CC1. The van der Waals surface area contributed by atoms with Crippen LogP contribution < -0.4 is 4.90 Å². The number of hydrogen-bond acceptors (Lipinski definition) is 5. The Morgan fingerprint density at radius 1 is 1.14 bits per heavy atom. The number of carbonyl (C=O) groups is 2. The summed E-state index contributed by atoms with van der Waals surface area (Å²) in [4.78, 5) is 30.9. The van der Waals surface area contributed by atoms with Gasteiger partial charge in [0.15, 0.2) is 9.84 Å². The van der Waals surface area contributed by atoms with E-state index in [0.717, 1.165) is 18.8 Å². The van der Waals surface area contributed by atoms with E-state index in [1.807, 2.05) is 29.2 Å². The van der Waals surface area contributed by atoms with E-state index >= 15 is 0 Å². The summed E-state index contributed by atoms with van der Waals surface area (Å²) in [6, 6.07) is 7.41. The largest absolute Gasteiger partial charge is 0.368 e. The van der Waals surface area contributed by atoms with Crippen LogP contribution in [0.15, 0.2) is 24.3 Å². The molecular weight excluding hydrogens is 402 g/mol. The van der Waals surface area contributed by atoms with Gasteiger partial charge in [0.05, 0.1) is 17.4 Å². The second kappa shape index (κ2) is 7.55. The summed E-state index contributed by atoms with van der Waals surface area (Å²) in [6.07, 6.45) is 0.664. The molecule has 0 bridgehead atoms. The van der Waals surface area contributed by atoms with Gasteiger partial charge in [-0.3, -0.25) is 9.59 Å². The minimum atomic E-state index is -3.05. The van der Waals surface area contributed by atoms with Crippen molar-refractivity contribution in [2.24, 2.45) is 5.92 Å². The van der Waals surface area contributed by atoms with Gasteiger partial charge in [0.25, 0.3) is 0 Å². The van der Waals surface area contributed by atoms with E-state index in [2.05, 4.69) is 4.90 Å². The van der Waals surface area contributed by atoms with Crippen molar-refractivity contribution in [1.29, 1.82) is 0 Å². The van der Waals surface area contributed by atoms with E-state index in [0.29, 0.717) is 31.1 Å². The van der Waals surface area contributed by atoms with Crippen molar-refractivity contribution < 1.29 is 18.0 Å². The summed E-state index contributed by atoms with van der Waals surface area (Å²) in [5.74, 6) is -0.308. The van der Waals surface area contributed by atoms with E-state index < -0.39 is 9.84 Å². The third-order valence-corrected chi connectivity index (χ3v) is 7.91. The predicted molar refractivity (Wildman–Crippen MR) is 107 cm³/mol. The Morgan fingerprint density at radius 2 is 1.89 bits per heavy atom. The van der Waals surface area contributed by atoms with Gasteiger partial charge in [0.2, 0.25) is 11.8 Å². The van der Waals surface area contributed by atoms with Crippen LogP contribution in [0.4, 0.5) is 5.69 Å². The molecule has 0 radical (unpaired) electrons. The van der Waals surface area contributed by atoms with Crippen molar-refractivity contribution in [3.8, 4) is 0 Å². The number of piperazine rings is 1. The summed E-state index contributed by atoms with van der Waals surface area (Å²) in [7, 11) is -3.05. The number of likely N-dealkylation sites (tertiary alicyclic amines) is 1. The summed E-state index contributed by atoms with van der Waals surface area (Å²) < 4.78 is 23.4. The van der Waals surface area contributed by atoms with E-state index in [4.69, 9.17) is 11.6 Å². The summed E-state index contributed by atoms with van der Waals surface area (Å²) in [5, 5.41) is 0.689. The topological polar surface area (TPSA) is 78.0 Å². The van der Waals surface area contributed by atoms with Gasteiger partial charge >= 0.3 is 0 Å². The van der Waals surface area contributed by atoms with Crippen molar-refractivity contribution in [3.63, 3.8) is 0 Å². The summed E-state index contributed by atoms with van der Waals surface area (Å²) in [6.45, 7) is 2.99. The first-order chi connectivity index (χ1) is 13.3. The van der Waals surface area contributed by atoms with Gasteiger partial charge < -0.3 is 14.7 Å². The molecule has 28 heavy (non-hydrogen) atoms. The molecule has 7 nitrogen and oxygen atoms in total. The van der Waals surface area contributed by atoms with Crippen molar-refractivity contribution >= 4 is 38.9 Å². The number of amides is 2. The first-order valence-electron chi connectivity index (χ1n) is 9.61. The van der Waals surface area contributed by atoms with Crippen LogP contribution in [0.1, 0.15) is 12.8 Å². The molecule has 1 aromatic rings. The van der Waals surface area contributed by atoms with Gasteiger partial charge in [0, 0.05) is 55.9 Å². The molecule has 152 valence electrons. The molecule has 3 aliphatic rings. The lowest BCUT2D eigenvalue weighted by atomic mass is 10.1. The average molecular weight is 426 g/mol. The minimum Gasteiger partial charge on any atom is -0.368 e. The fraction of sp³-hybridized carbons (Fsp3) is 0.579. The molecule has 9 heteroatoms. The number of nitrogens with zero attached hydrogens (tertiary/aromatic N) is 3. The van der Waals surface area contributed by atoms with Crippen molar-refractivity contribution in [2.45, 2.75) is 18.9 Å². The molecule has 0 aromatic heterocycles. The fourth-order valence-electron chi connectivity index (χ4n) is 4.39. The zero-order valence-electron chi connectivity index (χ0n) is 15.6. The van der Waals surface area contributed by atoms with E-state index in [-0.39, 0.29) is 41.7 Å². The highest BCUT2D eigenvalue weighted by Crippen LogP contribution is 2.28. The molecule has 2 amide bonds. The Morgan fingerprint density at radius 3 is 2.54 bits per heavy atom. The Kier molecular flexibility index (Phi) is 5.26. The average Bonchev–Trinajstić information content (AvgIpc) is 3.23. The second-order valence-corrected chi connectivity index (χ2v) is 10.5. The summed E-state index contributed by atoms with van der Waals surface area (Å²) in [5.41, 5.74) is 1.05. The number of carbonyl (C=O) groups excluding carboxylic acids is 2. The zero-order chi connectivity index (χ0) is 19.9. The molecule has 3 fully saturated rings. The number of sulfone groups is 1. The quantitative estimate of drug-likeness (QED) is 0.722. The van der Waals surface area contributed by atoms with Crippen LogP contribution in [0.3, 0.4) is 0 Å². The monoisotopic (exact) mass is 425 g/mol. The third kappa shape index (κ3) is 3.98. The van der Waals surface area contributed by atoms with Gasteiger partial charge in [-0.1, -0.05) is 17.7 Å². The Bertz CT molecular complexity index is 883. The van der Waals surface area contributed by atoms with Crippen LogP contribution in [-0.4, -0.2) is 80.3 Å². The van der Waals surface area contributed by atoms with Crippen molar-refractivity contribution in [2.75, 3.05) is 49.1 Å². The Hall–Kier alpha value is -1.80. The van der Waals surface area contributed by atoms with E-state index in [1.54, 1.807) is 4.90 Å². The molecule has 1 aromatic carbocycles. The van der Waals surface area contributed by atoms with Crippen LogP contribution in [-0.2, 0) is 19.4 Å². The highest BCUT2D eigenvalue weighted by molar-refractivity contribution is 7.91. The molecular formula is C19H24ClN3O4S. The zero-order valence-corrected chi connectivity index (χ0v) is 17.2. The molecule has 3 aliphatic heterocycles. The molecule has 0 saturated carbocycles. The van der Waals surface area contributed by atoms with Crippen LogP contribution >= 0.6 is 11.6 Å². The highest BCUT2D eigenvalue weighted by Gasteiger charge is 2.43. The van der Waals surface area contributed by atoms with Gasteiger partial charge in [-0.2, -0.15) is 0 Å². The Balaban J connectivity index is 1.34. The van der Waals surface area contributed by atoms with Gasteiger partial charge in [0.1, 0.15) is 0 Å². The number of hydrogen-bond donors (Lipinski definition) is 0. The molecule has 2 atom stereocenters. The lowest BCUT2D eigenvalue weighted by molar-refractivity contribution is -0.136. The van der Waals surface area contributed by atoms with E-state index in [9.17, 15) is 18.0 Å². The molecule has 0 unspecified atom stereocenters. The Labute approximate surface area is 170 Å². The van der Waals surface area contributed by atoms with Crippen molar-refractivity contribution in [3.05, 3.63) is 29.3 Å². The normalized spacial score (nSPS) is 27.5. The van der Waals surface area contributed by atoms with Crippen LogP contribution in [0, 0.1) is 5.92 Å². The van der Waals surface area contributed by atoms with Crippen LogP contribution in [0.2, 0.25) is 5.02 Å². The lowest BCUT2D eigenvalue weighted by Gasteiger charge is -2.37. The van der Waals surface area contributed by atoms with Crippen LogP contribution in [0.5, 0.6) is 0 Å². The first-order valence-corrected chi connectivity index (χ1v) is 11.8. The van der Waals surface area contributed by atoms with Gasteiger partial charge in [-0.15, -0.1) is 0 Å². The van der Waals surface area contributed by atoms with Gasteiger partial charge in [-0.25, -0.2) is 8.42 Å². The first kappa shape index (κ1) is 19.5. The standard InChI is InChI=1S/C19H24ClN3O4S/c20-15-2-1-3-16(11-15)21-5-7-22(8-6-21)19(25)14-10-18(24)23(12-14)17-4-9-28(26,27)13-17/h1-3,11,14,17H,4-10,12-13H2/t14-,17-/m0/s1. The second-order valence-electron chi connectivity index (χ2n) is 7.80. The van der Waals surface area contributed by atoms with Crippen LogP contribution in [0.25, 0.3) is 0 Å². The maximum Gasteiger partial charge on any atom is 0.228 e. The molecule has 0 N–H and O–H groups in total. The minimum absolute atomic E-state index is 0.00227. The fourth-order valence-corrected chi connectivity index (χ4v) is 6.30.